The van der Waals surface area contributed by atoms with E-state index in [4.69, 9.17) is 0 Å². The van der Waals surface area contributed by atoms with Crippen LogP contribution in [-0.4, -0.2) is 29.6 Å². The Kier molecular flexibility index (Phi) is 5.83. The van der Waals surface area contributed by atoms with Crippen molar-refractivity contribution >= 4 is 0 Å². The molecular weight excluding hydrogens is 256 g/mol. The van der Waals surface area contributed by atoms with Crippen LogP contribution in [0.3, 0.4) is 0 Å². The first-order chi connectivity index (χ1) is 10.1. The minimum atomic E-state index is 0.335. The fraction of sp³-hybridized carbons (Fsp3) is 0.684. The Balaban J connectivity index is 2.25. The van der Waals surface area contributed by atoms with Crippen LogP contribution in [0.5, 0.6) is 0 Å². The van der Waals surface area contributed by atoms with Crippen LogP contribution in [0.15, 0.2) is 30.3 Å². The second kappa shape index (κ2) is 7.42. The van der Waals surface area contributed by atoms with Gasteiger partial charge in [0, 0.05) is 17.6 Å². The van der Waals surface area contributed by atoms with Crippen molar-refractivity contribution in [1.29, 1.82) is 0 Å². The summed E-state index contributed by atoms with van der Waals surface area (Å²) in [7, 11) is 0. The zero-order chi connectivity index (χ0) is 15.3. The molecule has 1 aromatic rings. The van der Waals surface area contributed by atoms with Crippen LogP contribution in [-0.2, 0) is 0 Å². The van der Waals surface area contributed by atoms with Gasteiger partial charge < -0.3 is 5.32 Å². The van der Waals surface area contributed by atoms with Crippen molar-refractivity contribution in [2.45, 2.75) is 71.0 Å². The lowest BCUT2D eigenvalue weighted by atomic mass is 9.92. The lowest BCUT2D eigenvalue weighted by Gasteiger charge is -2.42. The Morgan fingerprint density at radius 1 is 1.19 bits per heavy atom. The molecule has 1 N–H and O–H groups in total. The van der Waals surface area contributed by atoms with E-state index in [-0.39, 0.29) is 0 Å². The topological polar surface area (TPSA) is 15.3 Å². The number of nitrogens with zero attached hydrogens (tertiary/aromatic N) is 1. The maximum absolute atomic E-state index is 3.81. The predicted molar refractivity (Wildman–Crippen MR) is 91.6 cm³/mol. The van der Waals surface area contributed by atoms with E-state index in [9.17, 15) is 0 Å². The third-order valence-electron chi connectivity index (χ3n) is 4.94. The molecule has 2 rings (SSSR count). The highest BCUT2D eigenvalue weighted by Gasteiger charge is 2.39. The molecule has 1 aromatic carbocycles. The normalized spacial score (nSPS) is 21.3. The van der Waals surface area contributed by atoms with Gasteiger partial charge in [-0.2, -0.15) is 0 Å². The van der Waals surface area contributed by atoms with Crippen molar-refractivity contribution in [2.75, 3.05) is 13.1 Å². The molecule has 1 saturated heterocycles. The van der Waals surface area contributed by atoms with Gasteiger partial charge in [-0.15, -0.1) is 0 Å². The first-order valence-electron chi connectivity index (χ1n) is 8.65. The molecule has 21 heavy (non-hydrogen) atoms. The molecule has 2 unspecified atom stereocenters. The van der Waals surface area contributed by atoms with Crippen molar-refractivity contribution in [2.24, 2.45) is 0 Å². The average molecular weight is 288 g/mol. The Morgan fingerprint density at radius 2 is 1.90 bits per heavy atom. The molecule has 1 aliphatic rings. The summed E-state index contributed by atoms with van der Waals surface area (Å²) in [5.41, 5.74) is 1.77. The minimum Gasteiger partial charge on any atom is -0.309 e. The van der Waals surface area contributed by atoms with E-state index < -0.39 is 0 Å². The third kappa shape index (κ3) is 3.87. The van der Waals surface area contributed by atoms with Crippen LogP contribution in [0.4, 0.5) is 0 Å². The molecule has 0 aromatic heterocycles. The lowest BCUT2D eigenvalue weighted by Crippen LogP contribution is -2.51. The second-order valence-electron chi connectivity index (χ2n) is 6.93. The number of hydrogen-bond acceptors (Lipinski definition) is 2. The summed E-state index contributed by atoms with van der Waals surface area (Å²) in [6, 6.07) is 12.0. The predicted octanol–water partition coefficient (Wildman–Crippen LogP) is 4.38. The Hall–Kier alpha value is -0.860. The van der Waals surface area contributed by atoms with Crippen molar-refractivity contribution in [3.8, 4) is 0 Å². The average Bonchev–Trinajstić information content (AvgIpc) is 2.84. The van der Waals surface area contributed by atoms with E-state index >= 15 is 0 Å². The highest BCUT2D eigenvalue weighted by atomic mass is 15.3. The van der Waals surface area contributed by atoms with E-state index in [1.807, 2.05) is 0 Å². The minimum absolute atomic E-state index is 0.335. The van der Waals surface area contributed by atoms with Gasteiger partial charge in [0.15, 0.2) is 0 Å². The van der Waals surface area contributed by atoms with E-state index in [0.717, 1.165) is 6.54 Å². The molecule has 0 spiro atoms. The van der Waals surface area contributed by atoms with Crippen LogP contribution < -0.4 is 5.32 Å². The van der Waals surface area contributed by atoms with Gasteiger partial charge in [-0.25, -0.2) is 0 Å². The molecule has 0 radical (unpaired) electrons. The van der Waals surface area contributed by atoms with Gasteiger partial charge in [0.05, 0.1) is 0 Å². The molecule has 0 saturated carbocycles. The Bertz CT molecular complexity index is 413. The molecule has 0 aliphatic carbocycles. The second-order valence-corrected chi connectivity index (χ2v) is 6.93. The van der Waals surface area contributed by atoms with Gasteiger partial charge in [0.1, 0.15) is 0 Å². The summed E-state index contributed by atoms with van der Waals surface area (Å²) < 4.78 is 0. The van der Waals surface area contributed by atoms with Gasteiger partial charge in [-0.3, -0.25) is 4.90 Å². The number of hydrogen-bond donors (Lipinski definition) is 1. The standard InChI is InChI=1S/C19H32N2/c1-5-14-20-18(16-11-8-7-9-12-16)17(6-2)21-15-10-13-19(21,3)4/h7-9,11-12,17-18,20H,5-6,10,13-15H2,1-4H3. The fourth-order valence-electron chi connectivity index (χ4n) is 3.82. The van der Waals surface area contributed by atoms with Gasteiger partial charge in [0.25, 0.3) is 0 Å². The zero-order valence-electron chi connectivity index (χ0n) is 14.2. The molecule has 1 fully saturated rings. The van der Waals surface area contributed by atoms with Gasteiger partial charge >= 0.3 is 0 Å². The highest BCUT2D eigenvalue weighted by Crippen LogP contribution is 2.35. The summed E-state index contributed by atoms with van der Waals surface area (Å²) in [6.07, 6.45) is 5.03. The summed E-state index contributed by atoms with van der Waals surface area (Å²) in [4.78, 5) is 2.74. The number of benzene rings is 1. The van der Waals surface area contributed by atoms with E-state index in [1.54, 1.807) is 0 Å². The maximum Gasteiger partial charge on any atom is 0.0478 e. The molecule has 2 heteroatoms. The first-order valence-corrected chi connectivity index (χ1v) is 8.65. The molecule has 0 amide bonds. The molecule has 2 nitrogen and oxygen atoms in total. The third-order valence-corrected chi connectivity index (χ3v) is 4.94. The SMILES string of the molecule is CCCNC(c1ccccc1)C(CC)N1CCCC1(C)C. The van der Waals surface area contributed by atoms with Crippen molar-refractivity contribution in [3.05, 3.63) is 35.9 Å². The molecule has 1 heterocycles. The quantitative estimate of drug-likeness (QED) is 0.801. The fourth-order valence-corrected chi connectivity index (χ4v) is 3.82. The summed E-state index contributed by atoms with van der Waals surface area (Å²) >= 11 is 0. The lowest BCUT2D eigenvalue weighted by molar-refractivity contribution is 0.0853. The largest absolute Gasteiger partial charge is 0.309 e. The van der Waals surface area contributed by atoms with E-state index in [0.29, 0.717) is 17.6 Å². The molecule has 1 aliphatic heterocycles. The van der Waals surface area contributed by atoms with Crippen LogP contribution in [0, 0.1) is 0 Å². The highest BCUT2D eigenvalue weighted by molar-refractivity contribution is 5.21. The Labute approximate surface area is 130 Å². The zero-order valence-corrected chi connectivity index (χ0v) is 14.2. The summed E-state index contributed by atoms with van der Waals surface area (Å²) in [5.74, 6) is 0. The van der Waals surface area contributed by atoms with Crippen LogP contribution in [0.25, 0.3) is 0 Å². The maximum atomic E-state index is 3.81. The summed E-state index contributed by atoms with van der Waals surface area (Å²) in [6.45, 7) is 11.7. The van der Waals surface area contributed by atoms with Crippen molar-refractivity contribution in [3.63, 3.8) is 0 Å². The Morgan fingerprint density at radius 3 is 2.43 bits per heavy atom. The molecule has 0 bridgehead atoms. The van der Waals surface area contributed by atoms with Crippen LogP contribution >= 0.6 is 0 Å². The molecule has 118 valence electrons. The smallest absolute Gasteiger partial charge is 0.0478 e. The van der Waals surface area contributed by atoms with Crippen molar-refractivity contribution in [1.82, 2.24) is 10.2 Å². The number of rotatable bonds is 7. The molecule has 2 atom stereocenters. The van der Waals surface area contributed by atoms with Crippen LogP contribution in [0.2, 0.25) is 0 Å². The number of likely N-dealkylation sites (tertiary alicyclic amines) is 1. The van der Waals surface area contributed by atoms with Crippen LogP contribution in [0.1, 0.15) is 65.0 Å². The molecular formula is C19H32N2. The first kappa shape index (κ1) is 16.5. The number of nitrogens with one attached hydrogen (secondary N) is 1. The van der Waals surface area contributed by atoms with E-state index in [1.165, 1.54) is 37.8 Å². The van der Waals surface area contributed by atoms with Gasteiger partial charge in [0.2, 0.25) is 0 Å². The monoisotopic (exact) mass is 288 g/mol. The summed E-state index contributed by atoms with van der Waals surface area (Å²) in [5, 5.41) is 3.81. The van der Waals surface area contributed by atoms with Gasteiger partial charge in [-0.1, -0.05) is 44.2 Å². The van der Waals surface area contributed by atoms with Gasteiger partial charge in [-0.05, 0) is 58.2 Å². The van der Waals surface area contributed by atoms with Crippen molar-refractivity contribution < 1.29 is 0 Å². The van der Waals surface area contributed by atoms with E-state index in [2.05, 4.69) is 68.2 Å².